The first kappa shape index (κ1) is 16.1. The monoisotopic (exact) mass is 293 g/mol. The van der Waals surface area contributed by atoms with Crippen molar-refractivity contribution in [1.82, 2.24) is 0 Å². The first-order chi connectivity index (χ1) is 9.85. The number of hydrogen-bond donors (Lipinski definition) is 5. The lowest BCUT2D eigenvalue weighted by Gasteiger charge is -2.26. The smallest absolute Gasteiger partial charge is 0.195 e. The topological polar surface area (TPSA) is 110 Å². The van der Waals surface area contributed by atoms with Crippen LogP contribution in [0.3, 0.4) is 0 Å². The van der Waals surface area contributed by atoms with Crippen LogP contribution < -0.4 is 0 Å². The Balaban J connectivity index is 2.52. The summed E-state index contributed by atoms with van der Waals surface area (Å²) in [6.07, 6.45) is -1.88. The van der Waals surface area contributed by atoms with Crippen LogP contribution in [0.5, 0.6) is 0 Å². The maximum absolute atomic E-state index is 10.3. The highest BCUT2D eigenvalue weighted by Gasteiger charge is 2.54. The fourth-order valence-electron chi connectivity index (χ4n) is 2.42. The van der Waals surface area contributed by atoms with Gasteiger partial charge in [-0.15, -0.1) is 0 Å². The molecule has 0 amide bonds. The molecule has 1 rings (SSSR count). The van der Waals surface area contributed by atoms with Gasteiger partial charge in [0, 0.05) is 7.79 Å². The summed E-state index contributed by atoms with van der Waals surface area (Å²) in [7, 11) is 0. The lowest BCUT2D eigenvalue weighted by atomic mass is 9.97. The van der Waals surface area contributed by atoms with Crippen molar-refractivity contribution in [3.8, 4) is 0 Å². The molecule has 0 aliphatic carbocycles. The molecule has 6 heteroatoms. The summed E-state index contributed by atoms with van der Waals surface area (Å²) in [6, 6.07) is 0. The summed E-state index contributed by atoms with van der Waals surface area (Å²) in [6.45, 7) is 1.45. The predicted octanol–water partition coefficient (Wildman–Crippen LogP) is -0.101. The van der Waals surface area contributed by atoms with Crippen molar-refractivity contribution in [2.45, 2.75) is 82.0 Å². The van der Waals surface area contributed by atoms with Crippen LogP contribution in [0.2, 0.25) is 0 Å². The Bertz CT molecular complexity index is 305. The number of unbranched alkanes of at least 4 members (excludes halogenated alkanes) is 3. The van der Waals surface area contributed by atoms with Crippen LogP contribution in [0.25, 0.3) is 0 Å². The fourth-order valence-corrected chi connectivity index (χ4v) is 2.42. The van der Waals surface area contributed by atoms with Gasteiger partial charge in [-0.2, -0.15) is 0 Å². The molecule has 0 aromatic heterocycles. The van der Waals surface area contributed by atoms with Crippen molar-refractivity contribution in [3.05, 3.63) is 0 Å². The Labute approximate surface area is 121 Å². The van der Waals surface area contributed by atoms with E-state index in [0.29, 0.717) is 6.42 Å². The third-order valence-corrected chi connectivity index (χ3v) is 3.73. The van der Waals surface area contributed by atoms with E-state index in [1.807, 2.05) is 0 Å². The van der Waals surface area contributed by atoms with Crippen LogP contribution in [0.1, 0.15) is 53.2 Å². The first-order valence-corrected chi connectivity index (χ1v) is 7.33. The molecule has 120 valence electrons. The average Bonchev–Trinajstić information content (AvgIpc) is 2.67. The van der Waals surface area contributed by atoms with Gasteiger partial charge in [-0.1, -0.05) is 39.0 Å². The van der Waals surface area contributed by atoms with E-state index in [1.54, 1.807) is 0 Å². The van der Waals surface area contributed by atoms with Crippen LogP contribution in [0.4, 0.5) is 0 Å². The molecule has 6 atom stereocenters. The molecule has 1 aliphatic rings. The third-order valence-electron chi connectivity index (χ3n) is 3.73. The summed E-state index contributed by atoms with van der Waals surface area (Å²) in [5.74, 6) is -2.06. The Morgan fingerprint density at radius 2 is 1.90 bits per heavy atom. The molecular formula is C14H28O6. The van der Waals surface area contributed by atoms with Gasteiger partial charge in [-0.25, -0.2) is 0 Å². The van der Waals surface area contributed by atoms with Gasteiger partial charge < -0.3 is 30.3 Å². The minimum absolute atomic E-state index is 0.147. The quantitative estimate of drug-likeness (QED) is 0.380. The van der Waals surface area contributed by atoms with E-state index in [0.717, 1.165) is 25.7 Å². The Kier molecular flexibility index (Phi) is 6.67. The fraction of sp³-hybridized carbons (Fsp3) is 1.00. The standard InChI is InChI=1S/C14H28O6/c1-2-3-4-5-6-7-8-14(19)13(18)11(17)12(20-14)10(16)9-15/h10-13,15-19H,2-9H2,1H3/t10-,11+,12+,13-,14?/m1/s1/i7D/t7?,10-,11+,12+,13-,14?. The van der Waals surface area contributed by atoms with Gasteiger partial charge in [-0.05, 0) is 6.40 Å². The SMILES string of the molecule is [2H]C(CCCCCC)CC1(O)O[C@@H]([C@H](O)CO)[C@H](O)[C@H]1O. The van der Waals surface area contributed by atoms with E-state index >= 15 is 0 Å². The van der Waals surface area contributed by atoms with Gasteiger partial charge in [0.15, 0.2) is 5.79 Å². The van der Waals surface area contributed by atoms with Gasteiger partial charge in [-0.3, -0.25) is 0 Å². The lowest BCUT2D eigenvalue weighted by molar-refractivity contribution is -0.242. The Morgan fingerprint density at radius 1 is 1.25 bits per heavy atom. The zero-order valence-corrected chi connectivity index (χ0v) is 12.0. The highest BCUT2D eigenvalue weighted by atomic mass is 16.7. The van der Waals surface area contributed by atoms with E-state index in [9.17, 15) is 20.4 Å². The van der Waals surface area contributed by atoms with Crippen molar-refractivity contribution in [3.63, 3.8) is 0 Å². The number of aliphatic hydroxyl groups excluding tert-OH is 4. The molecule has 0 radical (unpaired) electrons. The van der Waals surface area contributed by atoms with E-state index in [1.165, 1.54) is 0 Å². The summed E-state index contributed by atoms with van der Waals surface area (Å²) in [5.41, 5.74) is 0. The average molecular weight is 293 g/mol. The Hall–Kier alpha value is -0.240. The molecule has 6 nitrogen and oxygen atoms in total. The second-order valence-corrected chi connectivity index (χ2v) is 5.45. The van der Waals surface area contributed by atoms with Crippen LogP contribution in [0, 0.1) is 0 Å². The van der Waals surface area contributed by atoms with E-state index in [-0.39, 0.29) is 6.42 Å². The van der Waals surface area contributed by atoms with E-state index in [4.69, 9.17) is 11.2 Å². The number of aliphatic hydroxyl groups is 5. The van der Waals surface area contributed by atoms with Crippen LogP contribution in [-0.4, -0.2) is 62.3 Å². The molecule has 2 unspecified atom stereocenters. The molecule has 5 N–H and O–H groups in total. The highest BCUT2D eigenvalue weighted by molar-refractivity contribution is 4.97. The van der Waals surface area contributed by atoms with E-state index in [2.05, 4.69) is 6.92 Å². The molecule has 0 aromatic rings. The zero-order valence-electron chi connectivity index (χ0n) is 13.0. The van der Waals surface area contributed by atoms with Crippen LogP contribution in [-0.2, 0) is 4.74 Å². The van der Waals surface area contributed by atoms with Crippen molar-refractivity contribution >= 4 is 0 Å². The lowest BCUT2D eigenvalue weighted by Crippen LogP contribution is -2.43. The normalized spacial score (nSPS) is 37.7. The van der Waals surface area contributed by atoms with Gasteiger partial charge >= 0.3 is 0 Å². The third kappa shape index (κ3) is 4.38. The van der Waals surface area contributed by atoms with Crippen LogP contribution >= 0.6 is 0 Å². The number of ether oxygens (including phenoxy) is 1. The maximum atomic E-state index is 10.3. The molecule has 20 heavy (non-hydrogen) atoms. The second-order valence-electron chi connectivity index (χ2n) is 5.45. The second kappa shape index (κ2) is 8.26. The van der Waals surface area contributed by atoms with Gasteiger partial charge in [0.25, 0.3) is 0 Å². The largest absolute Gasteiger partial charge is 0.394 e. The summed E-state index contributed by atoms with van der Waals surface area (Å²) in [4.78, 5) is 0. The van der Waals surface area contributed by atoms with Crippen molar-refractivity contribution in [2.75, 3.05) is 6.61 Å². The van der Waals surface area contributed by atoms with Gasteiger partial charge in [0.05, 0.1) is 6.61 Å². The molecule has 1 heterocycles. The number of hydrogen-bond acceptors (Lipinski definition) is 6. The Morgan fingerprint density at radius 3 is 2.50 bits per heavy atom. The predicted molar refractivity (Wildman–Crippen MR) is 72.9 cm³/mol. The van der Waals surface area contributed by atoms with Gasteiger partial charge in [0.2, 0.25) is 0 Å². The highest BCUT2D eigenvalue weighted by Crippen LogP contribution is 2.34. The molecule has 0 spiro atoms. The van der Waals surface area contributed by atoms with Crippen molar-refractivity contribution < 1.29 is 31.6 Å². The summed E-state index contributed by atoms with van der Waals surface area (Å²) >= 11 is 0. The first-order valence-electron chi connectivity index (χ1n) is 7.91. The molecule has 1 fully saturated rings. The van der Waals surface area contributed by atoms with Crippen molar-refractivity contribution in [2.24, 2.45) is 0 Å². The van der Waals surface area contributed by atoms with Crippen LogP contribution in [0.15, 0.2) is 0 Å². The minimum Gasteiger partial charge on any atom is -0.394 e. The molecule has 1 saturated heterocycles. The van der Waals surface area contributed by atoms with Crippen molar-refractivity contribution in [1.29, 1.82) is 0 Å². The summed E-state index contributed by atoms with van der Waals surface area (Å²) in [5, 5.41) is 48.3. The zero-order chi connectivity index (χ0) is 16.0. The molecule has 0 bridgehead atoms. The molecule has 0 saturated carbocycles. The molecule has 1 aliphatic heterocycles. The maximum Gasteiger partial charge on any atom is 0.195 e. The van der Waals surface area contributed by atoms with Gasteiger partial charge in [0.1, 0.15) is 24.4 Å². The molecule has 0 aromatic carbocycles. The molecular weight excluding hydrogens is 264 g/mol. The number of rotatable bonds is 9. The summed E-state index contributed by atoms with van der Waals surface area (Å²) < 4.78 is 13.1. The minimum atomic E-state index is -2.06. The van der Waals surface area contributed by atoms with E-state index < -0.39 is 43.2 Å².